The molecule has 3 aliphatic heterocycles. The summed E-state index contributed by atoms with van der Waals surface area (Å²) in [5, 5.41) is 0. The number of piperidine rings is 1. The summed E-state index contributed by atoms with van der Waals surface area (Å²) in [6.07, 6.45) is 9.48. The van der Waals surface area contributed by atoms with Gasteiger partial charge >= 0.3 is 0 Å². The van der Waals surface area contributed by atoms with Crippen molar-refractivity contribution in [3.8, 4) is 0 Å². The van der Waals surface area contributed by atoms with Crippen LogP contribution in [0.2, 0.25) is 0 Å². The highest BCUT2D eigenvalue weighted by Gasteiger charge is 2.30. The monoisotopic (exact) mass is 238 g/mol. The number of pyridine rings is 1. The lowest BCUT2D eigenvalue weighted by atomic mass is 9.95. The van der Waals surface area contributed by atoms with E-state index in [9.17, 15) is 0 Å². The number of aromatic nitrogens is 1. The quantitative estimate of drug-likeness (QED) is 0.748. The van der Waals surface area contributed by atoms with Crippen LogP contribution in [0.25, 0.3) is 0 Å². The third-order valence-corrected chi connectivity index (χ3v) is 4.01. The highest BCUT2D eigenvalue weighted by Crippen LogP contribution is 2.37. The van der Waals surface area contributed by atoms with E-state index in [0.717, 1.165) is 5.92 Å². The van der Waals surface area contributed by atoms with E-state index in [0.29, 0.717) is 6.04 Å². The molecule has 1 aromatic heterocycles. The summed E-state index contributed by atoms with van der Waals surface area (Å²) in [7, 11) is 0. The molecule has 3 saturated heterocycles. The number of rotatable bonds is 1. The summed E-state index contributed by atoms with van der Waals surface area (Å²) in [5.41, 5.74) is 1.42. The van der Waals surface area contributed by atoms with Crippen LogP contribution in [0.15, 0.2) is 24.5 Å². The molecule has 4 rings (SSSR count). The Bertz CT molecular complexity index is 320. The second-order valence-electron chi connectivity index (χ2n) is 4.86. The number of halogens is 1. The molecule has 1 atom stereocenters. The van der Waals surface area contributed by atoms with Crippen LogP contribution in [0, 0.1) is 5.92 Å². The van der Waals surface area contributed by atoms with Crippen molar-refractivity contribution >= 4 is 12.4 Å². The zero-order valence-corrected chi connectivity index (χ0v) is 10.3. The maximum Gasteiger partial charge on any atom is 0.0363 e. The van der Waals surface area contributed by atoms with E-state index in [4.69, 9.17) is 0 Å². The van der Waals surface area contributed by atoms with Gasteiger partial charge in [-0.25, -0.2) is 0 Å². The third kappa shape index (κ3) is 2.23. The summed E-state index contributed by atoms with van der Waals surface area (Å²) in [6.45, 7) is 2.59. The molecule has 3 aliphatic rings. The topological polar surface area (TPSA) is 16.1 Å². The number of fused-ring (bicyclic) bond motifs is 4. The normalized spacial score (nSPS) is 32.9. The Morgan fingerprint density at radius 2 is 1.94 bits per heavy atom. The van der Waals surface area contributed by atoms with Gasteiger partial charge in [-0.3, -0.25) is 9.88 Å². The van der Waals surface area contributed by atoms with Crippen molar-refractivity contribution in [1.29, 1.82) is 0 Å². The maximum atomic E-state index is 4.25. The fraction of sp³-hybridized carbons (Fsp3) is 0.615. The van der Waals surface area contributed by atoms with Gasteiger partial charge in [0, 0.05) is 18.4 Å². The van der Waals surface area contributed by atoms with Crippen LogP contribution in [-0.2, 0) is 0 Å². The first-order valence-electron chi connectivity index (χ1n) is 6.07. The molecule has 0 amide bonds. The molecule has 4 heterocycles. The Balaban J connectivity index is 0.000000963. The van der Waals surface area contributed by atoms with Crippen LogP contribution in [0.4, 0.5) is 0 Å². The lowest BCUT2D eigenvalue weighted by Gasteiger charge is -2.32. The molecule has 0 saturated carbocycles. The van der Waals surface area contributed by atoms with Crippen LogP contribution in [-0.4, -0.2) is 23.0 Å². The van der Waals surface area contributed by atoms with Gasteiger partial charge in [-0.2, -0.15) is 0 Å². The van der Waals surface area contributed by atoms with E-state index < -0.39 is 0 Å². The molecule has 3 heteroatoms. The average Bonchev–Trinajstić information content (AvgIpc) is 2.63. The minimum Gasteiger partial charge on any atom is -0.296 e. The maximum absolute atomic E-state index is 4.25. The van der Waals surface area contributed by atoms with Crippen molar-refractivity contribution in [3.63, 3.8) is 0 Å². The van der Waals surface area contributed by atoms with E-state index in [-0.39, 0.29) is 12.4 Å². The Labute approximate surface area is 103 Å². The van der Waals surface area contributed by atoms with Gasteiger partial charge in [0.05, 0.1) is 0 Å². The van der Waals surface area contributed by atoms with Gasteiger partial charge in [-0.1, -0.05) is 6.07 Å². The number of nitrogens with zero attached hydrogens (tertiary/aromatic N) is 2. The van der Waals surface area contributed by atoms with Crippen LogP contribution in [0.5, 0.6) is 0 Å². The first-order chi connectivity index (χ1) is 7.43. The first-order valence-corrected chi connectivity index (χ1v) is 6.07. The molecular weight excluding hydrogens is 220 g/mol. The molecule has 3 fully saturated rings. The smallest absolute Gasteiger partial charge is 0.0363 e. The highest BCUT2D eigenvalue weighted by molar-refractivity contribution is 5.85. The van der Waals surface area contributed by atoms with Gasteiger partial charge in [-0.15, -0.1) is 12.4 Å². The van der Waals surface area contributed by atoms with Gasteiger partial charge in [0.2, 0.25) is 0 Å². The molecule has 0 radical (unpaired) electrons. The molecule has 0 spiro atoms. The summed E-state index contributed by atoms with van der Waals surface area (Å²) in [4.78, 5) is 6.90. The van der Waals surface area contributed by atoms with Crippen molar-refractivity contribution in [1.82, 2.24) is 9.88 Å². The predicted molar refractivity (Wildman–Crippen MR) is 67.8 cm³/mol. The second-order valence-corrected chi connectivity index (χ2v) is 4.86. The molecule has 88 valence electrons. The Morgan fingerprint density at radius 3 is 2.62 bits per heavy atom. The zero-order chi connectivity index (χ0) is 10.1. The van der Waals surface area contributed by atoms with E-state index in [2.05, 4.69) is 22.0 Å². The van der Waals surface area contributed by atoms with E-state index in [1.165, 1.54) is 44.3 Å². The Morgan fingerprint density at radius 1 is 1.12 bits per heavy atom. The molecule has 0 unspecified atom stereocenters. The fourth-order valence-corrected chi connectivity index (χ4v) is 3.08. The Kier molecular flexibility index (Phi) is 3.82. The average molecular weight is 239 g/mol. The molecule has 1 aromatic rings. The minimum absolute atomic E-state index is 0. The molecule has 2 bridgehead atoms. The van der Waals surface area contributed by atoms with Gasteiger partial charge in [0.15, 0.2) is 0 Å². The van der Waals surface area contributed by atoms with Crippen LogP contribution in [0.3, 0.4) is 0 Å². The molecule has 0 aromatic carbocycles. The summed E-state index contributed by atoms with van der Waals surface area (Å²) < 4.78 is 0. The number of hydrogen-bond donors (Lipinski definition) is 0. The second kappa shape index (κ2) is 5.15. The van der Waals surface area contributed by atoms with E-state index in [1.54, 1.807) is 0 Å². The summed E-state index contributed by atoms with van der Waals surface area (Å²) in [5.74, 6) is 1.00. The highest BCUT2D eigenvalue weighted by atomic mass is 35.5. The van der Waals surface area contributed by atoms with Crippen molar-refractivity contribution in [2.24, 2.45) is 5.92 Å². The van der Waals surface area contributed by atoms with Crippen molar-refractivity contribution in [2.45, 2.75) is 31.7 Å². The predicted octanol–water partition coefficient (Wildman–Crippen LogP) is 3.05. The largest absolute Gasteiger partial charge is 0.296 e. The minimum atomic E-state index is 0. The van der Waals surface area contributed by atoms with Gasteiger partial charge in [-0.05, 0) is 56.3 Å². The van der Waals surface area contributed by atoms with Crippen molar-refractivity contribution < 1.29 is 0 Å². The zero-order valence-electron chi connectivity index (χ0n) is 9.51. The first kappa shape index (κ1) is 11.9. The van der Waals surface area contributed by atoms with Gasteiger partial charge in [0.1, 0.15) is 0 Å². The third-order valence-electron chi connectivity index (χ3n) is 4.01. The fourth-order valence-electron chi connectivity index (χ4n) is 3.08. The standard InChI is InChI=1S/C13H18N2.ClH/c1-2-12(10-14-7-1)13-4-3-11-5-8-15(13)9-6-11;/h1-2,7,10-11,13H,3-6,8-9H2;1H/t13-;/m0./s1. The summed E-state index contributed by atoms with van der Waals surface area (Å²) >= 11 is 0. The molecular formula is C13H19ClN2. The lowest BCUT2D eigenvalue weighted by Crippen LogP contribution is -2.33. The molecule has 0 aliphatic carbocycles. The molecule has 16 heavy (non-hydrogen) atoms. The number of hydrogen-bond acceptors (Lipinski definition) is 2. The SMILES string of the molecule is Cl.c1cncc([C@@H]2CCC3CCN2CC3)c1. The van der Waals surface area contributed by atoms with Crippen molar-refractivity contribution in [3.05, 3.63) is 30.1 Å². The molecule has 2 nitrogen and oxygen atoms in total. The van der Waals surface area contributed by atoms with Gasteiger partial charge < -0.3 is 0 Å². The van der Waals surface area contributed by atoms with Crippen molar-refractivity contribution in [2.75, 3.05) is 13.1 Å². The van der Waals surface area contributed by atoms with Crippen LogP contribution >= 0.6 is 12.4 Å². The lowest BCUT2D eigenvalue weighted by molar-refractivity contribution is 0.170. The Hall–Kier alpha value is -0.600. The summed E-state index contributed by atoms with van der Waals surface area (Å²) in [6, 6.07) is 4.94. The van der Waals surface area contributed by atoms with Crippen LogP contribution in [0.1, 0.15) is 37.3 Å². The van der Waals surface area contributed by atoms with E-state index in [1.807, 2.05) is 12.4 Å². The van der Waals surface area contributed by atoms with Crippen LogP contribution < -0.4 is 0 Å². The van der Waals surface area contributed by atoms with E-state index >= 15 is 0 Å². The molecule has 0 N–H and O–H groups in total. The van der Waals surface area contributed by atoms with Gasteiger partial charge in [0.25, 0.3) is 0 Å².